The molecule has 3 aromatic rings. The van der Waals surface area contributed by atoms with Crippen molar-refractivity contribution in [2.75, 3.05) is 5.75 Å². The Morgan fingerprint density at radius 1 is 1.08 bits per heavy atom. The van der Waals surface area contributed by atoms with Gasteiger partial charge in [0, 0.05) is 27.7 Å². The van der Waals surface area contributed by atoms with E-state index < -0.39 is 0 Å². The van der Waals surface area contributed by atoms with Crippen LogP contribution in [0.4, 0.5) is 0 Å². The van der Waals surface area contributed by atoms with Crippen molar-refractivity contribution in [2.45, 2.75) is 28.3 Å². The minimum atomic E-state index is -0.0109. The van der Waals surface area contributed by atoms with E-state index in [-0.39, 0.29) is 16.9 Å². The monoisotopic (exact) mass is 366 g/mol. The average molecular weight is 367 g/mol. The number of fused-ring (bicyclic) bond motifs is 1. The zero-order valence-electron chi connectivity index (χ0n) is 13.8. The summed E-state index contributed by atoms with van der Waals surface area (Å²) in [4.78, 5) is 18.6. The average Bonchev–Trinajstić information content (AvgIpc) is 2.63. The first-order chi connectivity index (χ1) is 12.2. The summed E-state index contributed by atoms with van der Waals surface area (Å²) in [6.45, 7) is 1.88. The van der Waals surface area contributed by atoms with E-state index in [0.717, 1.165) is 22.2 Å². The molecule has 25 heavy (non-hydrogen) atoms. The summed E-state index contributed by atoms with van der Waals surface area (Å²) in [5.41, 5.74) is 1.97. The van der Waals surface area contributed by atoms with Gasteiger partial charge in [-0.2, -0.15) is 0 Å². The smallest absolute Gasteiger partial charge is 0.254 e. The van der Waals surface area contributed by atoms with E-state index >= 15 is 0 Å². The van der Waals surface area contributed by atoms with Crippen LogP contribution in [0.2, 0.25) is 0 Å². The molecular weight excluding hydrogens is 348 g/mol. The third kappa shape index (κ3) is 3.39. The largest absolute Gasteiger partial charge is 0.279 e. The van der Waals surface area contributed by atoms with E-state index in [2.05, 4.69) is 41.4 Å². The standard InChI is InChI=1S/C20H18N2OS2/c1-14-12-18(23)22-19(15-8-4-2-5-9-15)17(13-24-20(22)21-14)25-16-10-6-3-7-11-16/h2-12,17,19H,13H2,1H3/t17-,19+/m1/s1. The lowest BCUT2D eigenvalue weighted by Gasteiger charge is -2.34. The quantitative estimate of drug-likeness (QED) is 0.643. The molecule has 2 atom stereocenters. The van der Waals surface area contributed by atoms with Gasteiger partial charge < -0.3 is 0 Å². The number of aryl methyl sites for hydroxylation is 1. The fourth-order valence-corrected chi connectivity index (χ4v) is 5.73. The van der Waals surface area contributed by atoms with Crippen LogP contribution in [0.3, 0.4) is 0 Å². The zero-order chi connectivity index (χ0) is 17.2. The van der Waals surface area contributed by atoms with Crippen LogP contribution in [0, 0.1) is 6.92 Å². The molecule has 0 aliphatic carbocycles. The highest BCUT2D eigenvalue weighted by Crippen LogP contribution is 2.41. The van der Waals surface area contributed by atoms with Gasteiger partial charge in [0.1, 0.15) is 0 Å². The summed E-state index contributed by atoms with van der Waals surface area (Å²) in [5.74, 6) is 0.926. The summed E-state index contributed by atoms with van der Waals surface area (Å²) >= 11 is 3.51. The number of thioether (sulfide) groups is 2. The van der Waals surface area contributed by atoms with Crippen LogP contribution in [0.5, 0.6) is 0 Å². The van der Waals surface area contributed by atoms with Gasteiger partial charge in [0.2, 0.25) is 0 Å². The van der Waals surface area contributed by atoms with Crippen LogP contribution in [-0.4, -0.2) is 20.6 Å². The molecule has 0 saturated heterocycles. The Kier molecular flexibility index (Phi) is 4.68. The number of aromatic nitrogens is 2. The number of hydrogen-bond acceptors (Lipinski definition) is 4. The third-order valence-electron chi connectivity index (χ3n) is 4.23. The number of rotatable bonds is 3. The molecule has 2 aromatic carbocycles. The van der Waals surface area contributed by atoms with E-state index in [0.29, 0.717) is 0 Å². The van der Waals surface area contributed by atoms with Crippen molar-refractivity contribution in [1.29, 1.82) is 0 Å². The molecule has 1 aliphatic rings. The van der Waals surface area contributed by atoms with Gasteiger partial charge >= 0.3 is 0 Å². The van der Waals surface area contributed by atoms with E-state index in [4.69, 9.17) is 0 Å². The number of hydrogen-bond donors (Lipinski definition) is 0. The Labute approximate surface area is 155 Å². The van der Waals surface area contributed by atoms with Gasteiger partial charge in [0.05, 0.1) is 6.04 Å². The second-order valence-electron chi connectivity index (χ2n) is 6.02. The summed E-state index contributed by atoms with van der Waals surface area (Å²) in [7, 11) is 0. The Hall–Kier alpha value is -1.98. The summed E-state index contributed by atoms with van der Waals surface area (Å²) in [6.07, 6.45) is 0. The van der Waals surface area contributed by atoms with Crippen LogP contribution in [-0.2, 0) is 0 Å². The van der Waals surface area contributed by atoms with Crippen molar-refractivity contribution in [2.24, 2.45) is 0 Å². The van der Waals surface area contributed by atoms with Gasteiger partial charge in [0.15, 0.2) is 5.16 Å². The van der Waals surface area contributed by atoms with Crippen LogP contribution in [0.15, 0.2) is 81.6 Å². The highest BCUT2D eigenvalue weighted by molar-refractivity contribution is 8.03. The van der Waals surface area contributed by atoms with Gasteiger partial charge in [-0.15, -0.1) is 11.8 Å². The number of nitrogens with zero attached hydrogens (tertiary/aromatic N) is 2. The molecule has 0 saturated carbocycles. The fourth-order valence-electron chi connectivity index (χ4n) is 3.14. The first-order valence-electron chi connectivity index (χ1n) is 8.22. The van der Waals surface area contributed by atoms with Gasteiger partial charge in [-0.1, -0.05) is 60.3 Å². The Bertz CT molecular complexity index is 925. The molecule has 2 heterocycles. The highest BCUT2D eigenvalue weighted by Gasteiger charge is 2.33. The van der Waals surface area contributed by atoms with Gasteiger partial charge in [-0.05, 0) is 24.6 Å². The molecule has 1 aliphatic heterocycles. The Morgan fingerprint density at radius 3 is 2.48 bits per heavy atom. The third-order valence-corrected chi connectivity index (χ3v) is 6.78. The van der Waals surface area contributed by atoms with Crippen LogP contribution >= 0.6 is 23.5 Å². The van der Waals surface area contributed by atoms with Gasteiger partial charge in [0.25, 0.3) is 5.56 Å². The minimum Gasteiger partial charge on any atom is -0.279 e. The normalized spacial score (nSPS) is 19.4. The summed E-state index contributed by atoms with van der Waals surface area (Å²) in [6, 6.07) is 22.3. The molecular formula is C20H18N2OS2. The van der Waals surface area contributed by atoms with Gasteiger partial charge in [-0.3, -0.25) is 9.36 Å². The topological polar surface area (TPSA) is 34.9 Å². The summed E-state index contributed by atoms with van der Waals surface area (Å²) in [5, 5.41) is 1.09. The van der Waals surface area contributed by atoms with E-state index in [1.807, 2.05) is 47.5 Å². The summed E-state index contributed by atoms with van der Waals surface area (Å²) < 4.78 is 1.87. The second-order valence-corrected chi connectivity index (χ2v) is 8.32. The maximum Gasteiger partial charge on any atom is 0.254 e. The molecule has 5 heteroatoms. The van der Waals surface area contributed by atoms with E-state index in [1.165, 1.54) is 4.90 Å². The van der Waals surface area contributed by atoms with Crippen molar-refractivity contribution in [3.63, 3.8) is 0 Å². The lowest BCUT2D eigenvalue weighted by molar-refractivity contribution is 0.488. The van der Waals surface area contributed by atoms with Crippen molar-refractivity contribution in [3.8, 4) is 0 Å². The Morgan fingerprint density at radius 2 is 1.76 bits per heavy atom. The molecule has 0 spiro atoms. The molecule has 4 rings (SSSR count). The maximum absolute atomic E-state index is 12.8. The molecule has 0 unspecified atom stereocenters. The molecule has 0 bridgehead atoms. The Balaban J connectivity index is 1.81. The predicted molar refractivity (Wildman–Crippen MR) is 105 cm³/mol. The van der Waals surface area contributed by atoms with E-state index in [1.54, 1.807) is 17.8 Å². The zero-order valence-corrected chi connectivity index (χ0v) is 15.5. The minimum absolute atomic E-state index is 0.0109. The van der Waals surface area contributed by atoms with Gasteiger partial charge in [-0.25, -0.2) is 4.98 Å². The second kappa shape index (κ2) is 7.10. The SMILES string of the molecule is Cc1cc(=O)n2c(n1)SC[C@@H](Sc1ccccc1)[C@@H]2c1ccccc1. The van der Waals surface area contributed by atoms with Crippen LogP contribution < -0.4 is 5.56 Å². The lowest BCUT2D eigenvalue weighted by atomic mass is 10.0. The molecule has 126 valence electrons. The van der Waals surface area contributed by atoms with Crippen molar-refractivity contribution in [3.05, 3.63) is 88.3 Å². The fraction of sp³-hybridized carbons (Fsp3) is 0.200. The lowest BCUT2D eigenvalue weighted by Crippen LogP contribution is -2.38. The molecule has 1 aromatic heterocycles. The van der Waals surface area contributed by atoms with Crippen molar-refractivity contribution < 1.29 is 0 Å². The first-order valence-corrected chi connectivity index (χ1v) is 10.1. The molecule has 3 nitrogen and oxygen atoms in total. The molecule has 0 N–H and O–H groups in total. The number of benzene rings is 2. The van der Waals surface area contributed by atoms with Crippen molar-refractivity contribution >= 4 is 23.5 Å². The van der Waals surface area contributed by atoms with E-state index in [9.17, 15) is 4.79 Å². The molecule has 0 fully saturated rings. The maximum atomic E-state index is 12.8. The highest BCUT2D eigenvalue weighted by atomic mass is 32.2. The predicted octanol–water partition coefficient (Wildman–Crippen LogP) is 4.41. The first kappa shape index (κ1) is 16.5. The van der Waals surface area contributed by atoms with Crippen molar-refractivity contribution in [1.82, 2.24) is 9.55 Å². The molecule has 0 amide bonds. The van der Waals surface area contributed by atoms with Crippen LogP contribution in [0.25, 0.3) is 0 Å². The molecule has 0 radical (unpaired) electrons. The van der Waals surface area contributed by atoms with Crippen LogP contribution in [0.1, 0.15) is 17.3 Å².